The fraction of sp³-hybridized carbons (Fsp3) is 1.00. The van der Waals surface area contributed by atoms with Gasteiger partial charge >= 0.3 is 0 Å². The first kappa shape index (κ1) is 14.0. The standard InChI is InChI=1S/C7H16N2.2ClH/c1-7-2-4-9(6-7)5-3-8;;/h7H,2-6,8H2,1H3;2*1H. The van der Waals surface area contributed by atoms with Gasteiger partial charge in [0.05, 0.1) is 0 Å². The highest BCUT2D eigenvalue weighted by Gasteiger charge is 2.16. The Morgan fingerprint density at radius 3 is 2.45 bits per heavy atom. The monoisotopic (exact) mass is 200 g/mol. The molecule has 1 atom stereocenters. The molecule has 0 spiro atoms. The van der Waals surface area contributed by atoms with Gasteiger partial charge in [0.15, 0.2) is 0 Å². The molecular weight excluding hydrogens is 183 g/mol. The predicted octanol–water partition coefficient (Wildman–Crippen LogP) is 1.13. The van der Waals surface area contributed by atoms with Crippen LogP contribution < -0.4 is 5.73 Å². The minimum atomic E-state index is 0. The molecule has 0 aromatic heterocycles. The third-order valence-corrected chi connectivity index (χ3v) is 1.95. The van der Waals surface area contributed by atoms with Gasteiger partial charge in [-0.15, -0.1) is 24.8 Å². The summed E-state index contributed by atoms with van der Waals surface area (Å²) in [5.41, 5.74) is 5.41. The van der Waals surface area contributed by atoms with E-state index < -0.39 is 0 Å². The predicted molar refractivity (Wildman–Crippen MR) is 53.8 cm³/mol. The van der Waals surface area contributed by atoms with Gasteiger partial charge in [-0.25, -0.2) is 0 Å². The maximum atomic E-state index is 5.41. The van der Waals surface area contributed by atoms with E-state index in [1.165, 1.54) is 19.5 Å². The molecule has 1 heterocycles. The number of likely N-dealkylation sites (tertiary alicyclic amines) is 1. The summed E-state index contributed by atoms with van der Waals surface area (Å²) in [5, 5.41) is 0. The summed E-state index contributed by atoms with van der Waals surface area (Å²) < 4.78 is 0. The molecule has 2 N–H and O–H groups in total. The number of rotatable bonds is 2. The van der Waals surface area contributed by atoms with E-state index in [1.807, 2.05) is 0 Å². The van der Waals surface area contributed by atoms with E-state index in [2.05, 4.69) is 11.8 Å². The van der Waals surface area contributed by atoms with Gasteiger partial charge in [-0.3, -0.25) is 0 Å². The first-order valence-corrected chi connectivity index (χ1v) is 3.75. The summed E-state index contributed by atoms with van der Waals surface area (Å²) in [7, 11) is 0. The van der Waals surface area contributed by atoms with E-state index in [-0.39, 0.29) is 24.8 Å². The van der Waals surface area contributed by atoms with Crippen LogP contribution >= 0.6 is 24.8 Å². The Labute approximate surface area is 81.3 Å². The lowest BCUT2D eigenvalue weighted by molar-refractivity contribution is 0.337. The van der Waals surface area contributed by atoms with E-state index in [1.54, 1.807) is 0 Å². The molecule has 0 amide bonds. The molecule has 11 heavy (non-hydrogen) atoms. The molecule has 1 saturated heterocycles. The van der Waals surface area contributed by atoms with Crippen LogP contribution in [0.3, 0.4) is 0 Å². The van der Waals surface area contributed by atoms with Crippen LogP contribution in [0.1, 0.15) is 13.3 Å². The van der Waals surface area contributed by atoms with Crippen LogP contribution in [0.5, 0.6) is 0 Å². The number of nitrogens with zero attached hydrogens (tertiary/aromatic N) is 1. The van der Waals surface area contributed by atoms with Crippen molar-refractivity contribution in [2.45, 2.75) is 13.3 Å². The van der Waals surface area contributed by atoms with Crippen molar-refractivity contribution in [1.29, 1.82) is 0 Å². The summed E-state index contributed by atoms with van der Waals surface area (Å²) >= 11 is 0. The van der Waals surface area contributed by atoms with Gasteiger partial charge in [0.2, 0.25) is 0 Å². The van der Waals surface area contributed by atoms with Gasteiger partial charge in [-0.05, 0) is 18.9 Å². The molecule has 1 fully saturated rings. The maximum absolute atomic E-state index is 5.41. The molecule has 4 heteroatoms. The van der Waals surface area contributed by atoms with Crippen LogP contribution in [0.2, 0.25) is 0 Å². The maximum Gasteiger partial charge on any atom is 0.0105 e. The smallest absolute Gasteiger partial charge is 0.0105 e. The zero-order valence-electron chi connectivity index (χ0n) is 6.95. The molecule has 0 aliphatic carbocycles. The second-order valence-corrected chi connectivity index (χ2v) is 2.98. The van der Waals surface area contributed by atoms with Crippen molar-refractivity contribution in [3.05, 3.63) is 0 Å². The van der Waals surface area contributed by atoms with E-state index in [4.69, 9.17) is 5.73 Å². The van der Waals surface area contributed by atoms with Crippen molar-refractivity contribution in [2.75, 3.05) is 26.2 Å². The minimum absolute atomic E-state index is 0. The van der Waals surface area contributed by atoms with Gasteiger partial charge in [0.1, 0.15) is 0 Å². The Morgan fingerprint density at radius 2 is 2.09 bits per heavy atom. The molecule has 0 bridgehead atoms. The molecule has 0 aromatic rings. The van der Waals surface area contributed by atoms with Crippen LogP contribution in [0.25, 0.3) is 0 Å². The van der Waals surface area contributed by atoms with Crippen molar-refractivity contribution in [2.24, 2.45) is 11.7 Å². The van der Waals surface area contributed by atoms with Crippen molar-refractivity contribution in [1.82, 2.24) is 4.90 Å². The van der Waals surface area contributed by atoms with Crippen molar-refractivity contribution in [3.8, 4) is 0 Å². The minimum Gasteiger partial charge on any atom is -0.329 e. The SMILES string of the molecule is CC1CCN(CCN)C1.Cl.Cl. The molecule has 1 aliphatic heterocycles. The van der Waals surface area contributed by atoms with Crippen LogP contribution in [0.4, 0.5) is 0 Å². The molecule has 70 valence electrons. The summed E-state index contributed by atoms with van der Waals surface area (Å²) in [4.78, 5) is 2.44. The summed E-state index contributed by atoms with van der Waals surface area (Å²) in [6.45, 7) is 6.73. The third-order valence-electron chi connectivity index (χ3n) is 1.95. The molecule has 0 radical (unpaired) electrons. The Kier molecular flexibility index (Phi) is 9.15. The van der Waals surface area contributed by atoms with E-state index in [0.29, 0.717) is 0 Å². The summed E-state index contributed by atoms with van der Waals surface area (Å²) in [6, 6.07) is 0. The molecule has 1 rings (SSSR count). The second kappa shape index (κ2) is 7.17. The van der Waals surface area contributed by atoms with Gasteiger partial charge in [0, 0.05) is 19.6 Å². The third kappa shape index (κ3) is 4.86. The van der Waals surface area contributed by atoms with Crippen molar-refractivity contribution >= 4 is 24.8 Å². The number of halogens is 2. The fourth-order valence-electron chi connectivity index (χ4n) is 1.41. The molecule has 0 saturated carbocycles. The highest BCUT2D eigenvalue weighted by molar-refractivity contribution is 5.85. The van der Waals surface area contributed by atoms with Crippen LogP contribution in [0.15, 0.2) is 0 Å². The zero-order chi connectivity index (χ0) is 6.69. The summed E-state index contributed by atoms with van der Waals surface area (Å²) in [6.07, 6.45) is 1.36. The first-order chi connectivity index (χ1) is 4.33. The lowest BCUT2D eigenvalue weighted by Crippen LogP contribution is -2.26. The average Bonchev–Trinajstić information content (AvgIpc) is 2.17. The second-order valence-electron chi connectivity index (χ2n) is 2.98. The molecule has 1 aliphatic rings. The Morgan fingerprint density at radius 1 is 1.45 bits per heavy atom. The molecular formula is C7H18Cl2N2. The van der Waals surface area contributed by atoms with E-state index >= 15 is 0 Å². The topological polar surface area (TPSA) is 29.3 Å². The lowest BCUT2D eigenvalue weighted by atomic mass is 10.2. The molecule has 1 unspecified atom stereocenters. The van der Waals surface area contributed by atoms with E-state index in [0.717, 1.165) is 19.0 Å². The van der Waals surface area contributed by atoms with Gasteiger partial charge in [-0.2, -0.15) is 0 Å². The number of hydrogen-bond acceptors (Lipinski definition) is 2. The lowest BCUT2D eigenvalue weighted by Gasteiger charge is -2.12. The van der Waals surface area contributed by atoms with Gasteiger partial charge < -0.3 is 10.6 Å². The van der Waals surface area contributed by atoms with Crippen molar-refractivity contribution < 1.29 is 0 Å². The highest BCUT2D eigenvalue weighted by atomic mass is 35.5. The Hall–Kier alpha value is 0.500. The van der Waals surface area contributed by atoms with Gasteiger partial charge in [-0.1, -0.05) is 6.92 Å². The summed E-state index contributed by atoms with van der Waals surface area (Å²) in [5.74, 6) is 0.900. The quantitative estimate of drug-likeness (QED) is 0.725. The average molecular weight is 201 g/mol. The van der Waals surface area contributed by atoms with Gasteiger partial charge in [0.25, 0.3) is 0 Å². The zero-order valence-corrected chi connectivity index (χ0v) is 8.59. The molecule has 2 nitrogen and oxygen atoms in total. The van der Waals surface area contributed by atoms with Crippen LogP contribution in [0, 0.1) is 5.92 Å². The van der Waals surface area contributed by atoms with E-state index in [9.17, 15) is 0 Å². The largest absolute Gasteiger partial charge is 0.329 e. The molecule has 0 aromatic carbocycles. The number of hydrogen-bond donors (Lipinski definition) is 1. The van der Waals surface area contributed by atoms with Crippen LogP contribution in [-0.4, -0.2) is 31.1 Å². The van der Waals surface area contributed by atoms with Crippen molar-refractivity contribution in [3.63, 3.8) is 0 Å². The first-order valence-electron chi connectivity index (χ1n) is 3.75. The number of nitrogens with two attached hydrogens (primary N) is 1. The Bertz CT molecular complexity index is 88.5. The fourth-order valence-corrected chi connectivity index (χ4v) is 1.41. The normalized spacial score (nSPS) is 24.0. The van der Waals surface area contributed by atoms with Crippen LogP contribution in [-0.2, 0) is 0 Å². The highest BCUT2D eigenvalue weighted by Crippen LogP contribution is 2.13. The Balaban J connectivity index is 0.